The number of nitrogens with zero attached hydrogens (tertiary/aromatic N) is 2. The average molecular weight is 348 g/mol. The fourth-order valence-corrected chi connectivity index (χ4v) is 2.63. The number of carbonyl (C=O) groups is 2. The summed E-state index contributed by atoms with van der Waals surface area (Å²) in [5.41, 5.74) is 3.49. The molecule has 6 nitrogen and oxygen atoms in total. The van der Waals surface area contributed by atoms with Gasteiger partial charge in [0.1, 0.15) is 0 Å². The number of aryl methyl sites for hydroxylation is 1. The maximum Gasteiger partial charge on any atom is 0.313 e. The number of imidazole rings is 1. The molecular formula is C20H20N4O2. The van der Waals surface area contributed by atoms with Crippen LogP contribution in [0, 0.1) is 0 Å². The Labute approximate surface area is 151 Å². The second-order valence-corrected chi connectivity index (χ2v) is 5.79. The van der Waals surface area contributed by atoms with Crippen LogP contribution in [0.1, 0.15) is 18.1 Å². The molecule has 3 rings (SSSR count). The van der Waals surface area contributed by atoms with Gasteiger partial charge in [-0.25, -0.2) is 4.98 Å². The molecule has 0 saturated carbocycles. The predicted octanol–water partition coefficient (Wildman–Crippen LogP) is 2.69. The van der Waals surface area contributed by atoms with E-state index in [1.807, 2.05) is 60.2 Å². The summed E-state index contributed by atoms with van der Waals surface area (Å²) < 4.78 is 1.87. The van der Waals surface area contributed by atoms with Crippen LogP contribution in [-0.2, 0) is 22.6 Å². The fourth-order valence-electron chi connectivity index (χ4n) is 2.63. The van der Waals surface area contributed by atoms with Crippen LogP contribution in [0.15, 0.2) is 67.3 Å². The minimum Gasteiger partial charge on any atom is -0.344 e. The van der Waals surface area contributed by atoms with Gasteiger partial charge in [0, 0.05) is 30.3 Å². The predicted molar refractivity (Wildman–Crippen MR) is 99.9 cm³/mol. The molecule has 1 aromatic heterocycles. The maximum atomic E-state index is 12.1. The Bertz CT molecular complexity index is 904. The van der Waals surface area contributed by atoms with Crippen molar-refractivity contribution in [2.45, 2.75) is 19.9 Å². The number of amides is 2. The van der Waals surface area contributed by atoms with E-state index in [1.54, 1.807) is 18.6 Å². The highest BCUT2D eigenvalue weighted by atomic mass is 16.2. The Hall–Kier alpha value is -3.41. The van der Waals surface area contributed by atoms with Crippen molar-refractivity contribution in [2.24, 2.45) is 0 Å². The molecule has 0 aliphatic carbocycles. The molecule has 0 aliphatic rings. The number of hydrogen-bond acceptors (Lipinski definition) is 3. The third kappa shape index (κ3) is 4.16. The van der Waals surface area contributed by atoms with Gasteiger partial charge in [0.15, 0.2) is 0 Å². The number of para-hydroxylation sites is 1. The molecule has 0 unspecified atom stereocenters. The lowest BCUT2D eigenvalue weighted by molar-refractivity contribution is -0.136. The summed E-state index contributed by atoms with van der Waals surface area (Å²) in [6.07, 6.45) is 6.03. The molecule has 1 heterocycles. The quantitative estimate of drug-likeness (QED) is 0.696. The van der Waals surface area contributed by atoms with E-state index in [9.17, 15) is 9.59 Å². The van der Waals surface area contributed by atoms with E-state index in [0.29, 0.717) is 5.69 Å². The highest BCUT2D eigenvalue weighted by molar-refractivity contribution is 6.39. The van der Waals surface area contributed by atoms with Gasteiger partial charge in [-0.05, 0) is 35.7 Å². The third-order valence-electron chi connectivity index (χ3n) is 4.02. The molecular weight excluding hydrogens is 328 g/mol. The smallest absolute Gasteiger partial charge is 0.313 e. The summed E-state index contributed by atoms with van der Waals surface area (Å²) in [5, 5.41) is 5.32. The SMILES string of the molecule is CCc1ccccc1NC(=O)C(=O)NCc1cccc(-n2ccnc2)c1. The van der Waals surface area contributed by atoms with Gasteiger partial charge in [0.25, 0.3) is 0 Å². The van der Waals surface area contributed by atoms with Crippen molar-refractivity contribution in [1.82, 2.24) is 14.9 Å². The molecule has 3 aromatic rings. The maximum absolute atomic E-state index is 12.1. The van der Waals surface area contributed by atoms with Gasteiger partial charge in [-0.15, -0.1) is 0 Å². The number of benzene rings is 2. The first-order valence-corrected chi connectivity index (χ1v) is 8.41. The number of carbonyl (C=O) groups excluding carboxylic acids is 2. The van der Waals surface area contributed by atoms with Crippen molar-refractivity contribution in [3.63, 3.8) is 0 Å². The zero-order valence-corrected chi connectivity index (χ0v) is 14.5. The number of aromatic nitrogens is 2. The minimum atomic E-state index is -0.670. The first kappa shape index (κ1) is 17.4. The number of hydrogen-bond donors (Lipinski definition) is 2. The molecule has 0 atom stereocenters. The van der Waals surface area contributed by atoms with E-state index < -0.39 is 11.8 Å². The molecule has 132 valence electrons. The van der Waals surface area contributed by atoms with Crippen LogP contribution in [0.2, 0.25) is 0 Å². The second kappa shape index (κ2) is 8.11. The fraction of sp³-hybridized carbons (Fsp3) is 0.150. The summed E-state index contributed by atoms with van der Waals surface area (Å²) in [6, 6.07) is 15.1. The number of anilines is 1. The van der Waals surface area contributed by atoms with Crippen LogP contribution in [0.3, 0.4) is 0 Å². The van der Waals surface area contributed by atoms with Crippen molar-refractivity contribution in [2.75, 3.05) is 5.32 Å². The lowest BCUT2D eigenvalue weighted by atomic mass is 10.1. The first-order chi connectivity index (χ1) is 12.7. The Kier molecular flexibility index (Phi) is 5.43. The van der Waals surface area contributed by atoms with Gasteiger partial charge in [0.2, 0.25) is 0 Å². The largest absolute Gasteiger partial charge is 0.344 e. The molecule has 2 aromatic carbocycles. The van der Waals surface area contributed by atoms with Gasteiger partial charge < -0.3 is 15.2 Å². The van der Waals surface area contributed by atoms with Gasteiger partial charge in [0.05, 0.1) is 6.33 Å². The topological polar surface area (TPSA) is 76.0 Å². The van der Waals surface area contributed by atoms with Crippen LogP contribution in [0.4, 0.5) is 5.69 Å². The molecule has 2 N–H and O–H groups in total. The van der Waals surface area contributed by atoms with Crippen molar-refractivity contribution < 1.29 is 9.59 Å². The Balaban J connectivity index is 1.60. The summed E-state index contributed by atoms with van der Waals surface area (Å²) in [5.74, 6) is -1.33. The molecule has 6 heteroatoms. The van der Waals surface area contributed by atoms with Gasteiger partial charge >= 0.3 is 11.8 Å². The van der Waals surface area contributed by atoms with Crippen LogP contribution < -0.4 is 10.6 Å². The monoisotopic (exact) mass is 348 g/mol. The summed E-state index contributed by atoms with van der Waals surface area (Å²) in [7, 11) is 0. The Morgan fingerprint density at radius 1 is 1.08 bits per heavy atom. The molecule has 0 fully saturated rings. The van der Waals surface area contributed by atoms with Gasteiger partial charge in [-0.1, -0.05) is 37.3 Å². The van der Waals surface area contributed by atoms with Crippen molar-refractivity contribution in [3.05, 3.63) is 78.4 Å². The summed E-state index contributed by atoms with van der Waals surface area (Å²) in [6.45, 7) is 2.27. The third-order valence-corrected chi connectivity index (χ3v) is 4.02. The van der Waals surface area contributed by atoms with Crippen molar-refractivity contribution in [3.8, 4) is 5.69 Å². The lowest BCUT2D eigenvalue weighted by Crippen LogP contribution is -2.35. The molecule has 0 saturated heterocycles. The molecule has 0 bridgehead atoms. The number of rotatable bonds is 5. The highest BCUT2D eigenvalue weighted by Crippen LogP contribution is 2.15. The zero-order chi connectivity index (χ0) is 18.4. The molecule has 0 aliphatic heterocycles. The van der Waals surface area contributed by atoms with E-state index in [0.717, 1.165) is 23.2 Å². The van der Waals surface area contributed by atoms with E-state index >= 15 is 0 Å². The van der Waals surface area contributed by atoms with Gasteiger partial charge in [-0.2, -0.15) is 0 Å². The summed E-state index contributed by atoms with van der Waals surface area (Å²) >= 11 is 0. The van der Waals surface area contributed by atoms with Gasteiger partial charge in [-0.3, -0.25) is 9.59 Å². The Morgan fingerprint density at radius 3 is 2.69 bits per heavy atom. The Morgan fingerprint density at radius 2 is 1.92 bits per heavy atom. The number of nitrogens with one attached hydrogen (secondary N) is 2. The lowest BCUT2D eigenvalue weighted by Gasteiger charge is -2.10. The normalized spacial score (nSPS) is 10.3. The van der Waals surface area contributed by atoms with E-state index in [-0.39, 0.29) is 6.54 Å². The molecule has 26 heavy (non-hydrogen) atoms. The van der Waals surface area contributed by atoms with E-state index in [4.69, 9.17) is 0 Å². The van der Waals surface area contributed by atoms with E-state index in [1.165, 1.54) is 0 Å². The second-order valence-electron chi connectivity index (χ2n) is 5.79. The molecule has 0 spiro atoms. The van der Waals surface area contributed by atoms with Crippen molar-refractivity contribution in [1.29, 1.82) is 0 Å². The van der Waals surface area contributed by atoms with Crippen LogP contribution in [-0.4, -0.2) is 21.4 Å². The summed E-state index contributed by atoms with van der Waals surface area (Å²) in [4.78, 5) is 28.2. The average Bonchev–Trinajstić information content (AvgIpc) is 3.21. The molecule has 2 amide bonds. The van der Waals surface area contributed by atoms with E-state index in [2.05, 4.69) is 15.6 Å². The van der Waals surface area contributed by atoms with Crippen LogP contribution in [0.25, 0.3) is 5.69 Å². The van der Waals surface area contributed by atoms with Crippen LogP contribution in [0.5, 0.6) is 0 Å². The highest BCUT2D eigenvalue weighted by Gasteiger charge is 2.14. The molecule has 0 radical (unpaired) electrons. The van der Waals surface area contributed by atoms with Crippen LogP contribution >= 0.6 is 0 Å². The minimum absolute atomic E-state index is 0.268. The first-order valence-electron chi connectivity index (χ1n) is 8.41. The zero-order valence-electron chi connectivity index (χ0n) is 14.5. The standard InChI is InChI=1S/C20H20N4O2/c1-2-16-7-3-4-9-18(16)23-20(26)19(25)22-13-15-6-5-8-17(12-15)24-11-10-21-14-24/h3-12,14H,2,13H2,1H3,(H,22,25)(H,23,26). The van der Waals surface area contributed by atoms with Crippen molar-refractivity contribution >= 4 is 17.5 Å².